The summed E-state index contributed by atoms with van der Waals surface area (Å²) in [6.07, 6.45) is 1.12. The Balaban J connectivity index is 1.72. The van der Waals surface area contributed by atoms with Crippen molar-refractivity contribution in [1.29, 1.82) is 0 Å². The van der Waals surface area contributed by atoms with Crippen LogP contribution in [0.1, 0.15) is 35.3 Å². The van der Waals surface area contributed by atoms with E-state index in [9.17, 15) is 18.4 Å². The Kier molecular flexibility index (Phi) is 3.66. The lowest BCUT2D eigenvalue weighted by molar-refractivity contribution is -0.123. The van der Waals surface area contributed by atoms with E-state index in [2.05, 4.69) is 4.98 Å². The summed E-state index contributed by atoms with van der Waals surface area (Å²) in [5.41, 5.74) is 5.51. The zero-order valence-electron chi connectivity index (χ0n) is 14.3. The van der Waals surface area contributed by atoms with Crippen molar-refractivity contribution in [1.82, 2.24) is 9.88 Å². The Morgan fingerprint density at radius 3 is 2.65 bits per heavy atom. The molecule has 0 spiro atoms. The van der Waals surface area contributed by atoms with E-state index in [1.807, 2.05) is 6.92 Å². The lowest BCUT2D eigenvalue weighted by Crippen LogP contribution is -2.37. The second kappa shape index (κ2) is 5.57. The Morgan fingerprint density at radius 1 is 1.31 bits per heavy atom. The second-order valence-corrected chi connectivity index (χ2v) is 8.25. The van der Waals surface area contributed by atoms with Gasteiger partial charge in [0, 0.05) is 12.1 Å². The molecule has 1 aromatic heterocycles. The van der Waals surface area contributed by atoms with Crippen LogP contribution in [-0.2, 0) is 4.79 Å². The van der Waals surface area contributed by atoms with Crippen molar-refractivity contribution < 1.29 is 18.4 Å². The maximum Gasteiger partial charge on any atom is 0.274 e. The highest BCUT2D eigenvalue weighted by atomic mass is 32.1. The van der Waals surface area contributed by atoms with Crippen LogP contribution >= 0.6 is 11.3 Å². The number of aryl methyl sites for hydroxylation is 1. The first-order valence-electron chi connectivity index (χ1n) is 8.30. The van der Waals surface area contributed by atoms with E-state index >= 15 is 0 Å². The summed E-state index contributed by atoms with van der Waals surface area (Å²) < 4.78 is 26.9. The van der Waals surface area contributed by atoms with Gasteiger partial charge in [-0.3, -0.25) is 9.59 Å². The summed E-state index contributed by atoms with van der Waals surface area (Å²) in [7, 11) is 0. The predicted molar refractivity (Wildman–Crippen MR) is 92.5 cm³/mol. The summed E-state index contributed by atoms with van der Waals surface area (Å²) in [4.78, 5) is 31.4. The van der Waals surface area contributed by atoms with Gasteiger partial charge in [0.15, 0.2) is 11.6 Å². The fraction of sp³-hybridized carbons (Fsp3) is 0.389. The third kappa shape index (κ3) is 2.35. The molecular weight excluding hydrogens is 360 g/mol. The SMILES string of the molecule is Cc1nc(C(=O)N2[C@H]3C[C@]3(C(N)=O)C[C@@H]2C)c(-c2ccc(F)c(F)c2)s1. The monoisotopic (exact) mass is 377 g/mol. The highest BCUT2D eigenvalue weighted by Crippen LogP contribution is 2.59. The van der Waals surface area contributed by atoms with E-state index < -0.39 is 17.0 Å². The van der Waals surface area contributed by atoms with Crippen LogP contribution in [0.25, 0.3) is 10.4 Å². The number of likely N-dealkylation sites (tertiary alicyclic amines) is 1. The largest absolute Gasteiger partial charge is 0.369 e. The van der Waals surface area contributed by atoms with Gasteiger partial charge in [-0.1, -0.05) is 6.07 Å². The molecule has 0 radical (unpaired) electrons. The number of thiazole rings is 1. The summed E-state index contributed by atoms with van der Waals surface area (Å²) >= 11 is 1.25. The molecule has 4 rings (SSSR count). The van der Waals surface area contributed by atoms with Crippen LogP contribution in [0, 0.1) is 24.0 Å². The minimum atomic E-state index is -0.976. The molecule has 1 aliphatic carbocycles. The number of halogens is 2. The lowest BCUT2D eigenvalue weighted by Gasteiger charge is -2.24. The van der Waals surface area contributed by atoms with Gasteiger partial charge in [0.1, 0.15) is 5.69 Å². The number of carbonyl (C=O) groups excluding carboxylic acids is 2. The van der Waals surface area contributed by atoms with Gasteiger partial charge in [-0.15, -0.1) is 11.3 Å². The van der Waals surface area contributed by atoms with Gasteiger partial charge in [-0.25, -0.2) is 13.8 Å². The molecule has 1 aliphatic heterocycles. The zero-order chi connectivity index (χ0) is 18.8. The molecule has 2 aromatic rings. The fourth-order valence-corrected chi connectivity index (χ4v) is 4.94. The van der Waals surface area contributed by atoms with E-state index in [-0.39, 0.29) is 29.6 Å². The standard InChI is InChI=1S/C18H17F2N3O2S/c1-8-6-18(17(21)25)7-13(18)23(8)16(24)14-15(26-9(2)22-14)10-3-4-11(19)12(20)5-10/h3-5,8,13H,6-7H2,1-2H3,(H2,21,25)/t8-,13-,18+/m0/s1. The van der Waals surface area contributed by atoms with Crippen molar-refractivity contribution in [3.05, 3.63) is 40.5 Å². The number of nitrogens with two attached hydrogens (primary N) is 1. The summed E-state index contributed by atoms with van der Waals surface area (Å²) in [6.45, 7) is 3.63. The van der Waals surface area contributed by atoms with Crippen molar-refractivity contribution in [3.8, 4) is 10.4 Å². The third-order valence-electron chi connectivity index (χ3n) is 5.35. The van der Waals surface area contributed by atoms with E-state index in [1.165, 1.54) is 17.4 Å². The number of amides is 2. The molecular formula is C18H17F2N3O2S. The van der Waals surface area contributed by atoms with Crippen LogP contribution in [0.15, 0.2) is 18.2 Å². The average Bonchev–Trinajstić information content (AvgIpc) is 3.01. The minimum Gasteiger partial charge on any atom is -0.369 e. The van der Waals surface area contributed by atoms with E-state index in [0.717, 1.165) is 12.1 Å². The highest BCUT2D eigenvalue weighted by Gasteiger charge is 2.68. The number of nitrogens with zero attached hydrogens (tertiary/aromatic N) is 2. The zero-order valence-corrected chi connectivity index (χ0v) is 15.1. The number of benzene rings is 1. The normalized spacial score (nSPS) is 26.7. The van der Waals surface area contributed by atoms with Crippen LogP contribution in [0.5, 0.6) is 0 Å². The van der Waals surface area contributed by atoms with Crippen LogP contribution < -0.4 is 5.73 Å². The number of fused-ring (bicyclic) bond motifs is 1. The molecule has 2 heterocycles. The molecule has 0 bridgehead atoms. The first-order chi connectivity index (χ1) is 12.2. The van der Waals surface area contributed by atoms with Gasteiger partial charge in [-0.05, 0) is 44.4 Å². The predicted octanol–water partition coefficient (Wildman–Crippen LogP) is 2.88. The van der Waals surface area contributed by atoms with Crippen LogP contribution in [0.4, 0.5) is 8.78 Å². The first-order valence-corrected chi connectivity index (χ1v) is 9.11. The summed E-state index contributed by atoms with van der Waals surface area (Å²) in [6, 6.07) is 3.19. The summed E-state index contributed by atoms with van der Waals surface area (Å²) in [5, 5.41) is 0.650. The van der Waals surface area contributed by atoms with Crippen molar-refractivity contribution in [3.63, 3.8) is 0 Å². The first kappa shape index (κ1) is 17.1. The van der Waals surface area contributed by atoms with Crippen LogP contribution in [0.2, 0.25) is 0 Å². The molecule has 1 aromatic carbocycles. The van der Waals surface area contributed by atoms with Gasteiger partial charge in [0.25, 0.3) is 5.91 Å². The molecule has 136 valence electrons. The Morgan fingerprint density at radius 2 is 2.04 bits per heavy atom. The smallest absolute Gasteiger partial charge is 0.274 e. The number of piperidine rings is 1. The highest BCUT2D eigenvalue weighted by molar-refractivity contribution is 7.15. The maximum absolute atomic E-state index is 13.6. The Bertz CT molecular complexity index is 945. The van der Waals surface area contributed by atoms with Crippen molar-refractivity contribution in [2.75, 3.05) is 0 Å². The molecule has 1 saturated carbocycles. The van der Waals surface area contributed by atoms with Gasteiger partial charge < -0.3 is 10.6 Å². The molecule has 2 amide bonds. The average molecular weight is 377 g/mol. The summed E-state index contributed by atoms with van der Waals surface area (Å²) in [5.74, 6) is -2.59. The molecule has 1 saturated heterocycles. The Labute approximate surface area is 152 Å². The number of hydrogen-bond donors (Lipinski definition) is 1. The van der Waals surface area contributed by atoms with E-state index in [0.29, 0.717) is 28.3 Å². The molecule has 5 nitrogen and oxygen atoms in total. The Hall–Kier alpha value is -2.35. The van der Waals surface area contributed by atoms with Crippen molar-refractivity contribution in [2.45, 2.75) is 38.8 Å². The van der Waals surface area contributed by atoms with Gasteiger partial charge in [0.2, 0.25) is 5.91 Å². The molecule has 2 aliphatic rings. The minimum absolute atomic E-state index is 0.131. The van der Waals surface area contributed by atoms with Gasteiger partial charge >= 0.3 is 0 Å². The third-order valence-corrected chi connectivity index (χ3v) is 6.37. The van der Waals surface area contributed by atoms with Crippen molar-refractivity contribution >= 4 is 23.2 Å². The number of primary amides is 1. The lowest BCUT2D eigenvalue weighted by atomic mass is 10.00. The number of aromatic nitrogens is 1. The molecule has 2 fully saturated rings. The maximum atomic E-state index is 13.6. The molecule has 26 heavy (non-hydrogen) atoms. The molecule has 3 atom stereocenters. The molecule has 2 N–H and O–H groups in total. The fourth-order valence-electron chi connectivity index (χ4n) is 4.04. The van der Waals surface area contributed by atoms with Crippen LogP contribution in [0.3, 0.4) is 0 Å². The number of carbonyl (C=O) groups is 2. The van der Waals surface area contributed by atoms with Crippen molar-refractivity contribution in [2.24, 2.45) is 11.1 Å². The van der Waals surface area contributed by atoms with Gasteiger partial charge in [-0.2, -0.15) is 0 Å². The quantitative estimate of drug-likeness (QED) is 0.894. The topological polar surface area (TPSA) is 76.3 Å². The molecule has 0 unspecified atom stereocenters. The van der Waals surface area contributed by atoms with Crippen LogP contribution in [-0.4, -0.2) is 33.8 Å². The van der Waals surface area contributed by atoms with Gasteiger partial charge in [0.05, 0.1) is 15.3 Å². The van der Waals surface area contributed by atoms with E-state index in [4.69, 9.17) is 5.73 Å². The number of hydrogen-bond acceptors (Lipinski definition) is 4. The second-order valence-electron chi connectivity index (χ2n) is 7.05. The molecule has 8 heteroatoms. The number of rotatable bonds is 3. The van der Waals surface area contributed by atoms with E-state index in [1.54, 1.807) is 11.8 Å².